The molecule has 144 valence electrons. The van der Waals surface area contributed by atoms with Crippen LogP contribution in [0.5, 0.6) is 0 Å². The molecule has 0 spiro atoms. The molecule has 1 rings (SSSR count). The topological polar surface area (TPSA) is 243 Å². The monoisotopic (exact) mass is 419 g/mol. The van der Waals surface area contributed by atoms with E-state index in [-0.39, 0.29) is 0 Å². The summed E-state index contributed by atoms with van der Waals surface area (Å²) in [7, 11) is -15.3. The van der Waals surface area contributed by atoms with Crippen LogP contribution in [0.1, 0.15) is 0 Å². The zero-order valence-electron chi connectivity index (χ0n) is 11.2. The van der Waals surface area contributed by atoms with Crippen LogP contribution in [0.2, 0.25) is 0 Å². The minimum Gasteiger partial charge on any atom is -0.387 e. The number of rotatable bonds is 7. The third kappa shape index (κ3) is 7.16. The summed E-state index contributed by atoms with van der Waals surface area (Å²) in [6.45, 7) is -1.14. The third-order valence-corrected chi connectivity index (χ3v) is 4.06. The van der Waals surface area contributed by atoms with Gasteiger partial charge in [-0.05, 0) is 0 Å². The molecule has 0 bridgehead atoms. The van der Waals surface area contributed by atoms with E-state index in [4.69, 9.17) is 13.7 Å². The Hall–Kier alpha value is -0.510. The predicted molar refractivity (Wildman–Crippen MR) is 69.3 cm³/mol. The smallest absolute Gasteiger partial charge is 0.387 e. The molecule has 0 radical (unpaired) electrons. The van der Waals surface area contributed by atoms with Crippen molar-refractivity contribution in [2.45, 2.75) is 30.6 Å². The molecule has 0 aliphatic carbocycles. The van der Waals surface area contributed by atoms with Crippen molar-refractivity contribution < 1.29 is 62.2 Å². The van der Waals surface area contributed by atoms with Gasteiger partial charge in [-0.1, -0.05) is 0 Å². The van der Waals surface area contributed by atoms with Crippen LogP contribution in [0.25, 0.3) is 0 Å². The first-order valence-corrected chi connectivity index (χ1v) is 9.80. The van der Waals surface area contributed by atoms with Crippen LogP contribution in [0.3, 0.4) is 0 Å². The summed E-state index contributed by atoms with van der Waals surface area (Å²) >= 11 is 0. The largest absolute Gasteiger partial charge is 0.397 e. The molecule has 5 atom stereocenters. The van der Waals surface area contributed by atoms with Gasteiger partial charge in [-0.15, -0.1) is 0 Å². The van der Waals surface area contributed by atoms with Crippen LogP contribution in [0.4, 0.5) is 0 Å². The lowest BCUT2D eigenvalue weighted by atomic mass is 9.98. The zero-order chi connectivity index (χ0) is 18.9. The van der Waals surface area contributed by atoms with Crippen molar-refractivity contribution in [2.24, 2.45) is 0 Å². The van der Waals surface area contributed by atoms with Crippen molar-refractivity contribution >= 4 is 31.1 Å². The van der Waals surface area contributed by atoms with Gasteiger partial charge in [-0.2, -0.15) is 30.0 Å². The summed E-state index contributed by atoms with van der Waals surface area (Å²) in [5, 5.41) is 19.5. The van der Waals surface area contributed by atoms with Gasteiger partial charge in [0.2, 0.25) is 0 Å². The van der Waals surface area contributed by atoms with Gasteiger partial charge in [-0.25, -0.2) is 8.37 Å². The molecule has 24 heavy (non-hydrogen) atoms. The number of ether oxygens (including phenoxy) is 1. The van der Waals surface area contributed by atoms with Crippen molar-refractivity contribution in [1.29, 1.82) is 0 Å². The molecular weight excluding hydrogens is 406 g/mol. The molecule has 0 amide bonds. The summed E-state index contributed by atoms with van der Waals surface area (Å²) in [5.74, 6) is 0. The molecule has 1 heterocycles. The van der Waals surface area contributed by atoms with Crippen molar-refractivity contribution in [3.63, 3.8) is 0 Å². The molecule has 1 saturated heterocycles. The zero-order valence-corrected chi connectivity index (χ0v) is 13.7. The van der Waals surface area contributed by atoms with Crippen LogP contribution in [-0.4, -0.2) is 86.4 Å². The van der Waals surface area contributed by atoms with Crippen molar-refractivity contribution in [3.8, 4) is 0 Å². The summed E-state index contributed by atoms with van der Waals surface area (Å²) in [4.78, 5) is 0. The first kappa shape index (κ1) is 21.5. The summed E-state index contributed by atoms with van der Waals surface area (Å²) < 4.78 is 104. The van der Waals surface area contributed by atoms with Crippen molar-refractivity contribution in [1.82, 2.24) is 4.72 Å². The maximum Gasteiger partial charge on any atom is 0.397 e. The molecule has 0 saturated carbocycles. The number of nitrogens with one attached hydrogen (secondary N) is 1. The Kier molecular flexibility index (Phi) is 6.63. The highest BCUT2D eigenvalue weighted by molar-refractivity contribution is 7.83. The standard InChI is InChI=1S/C6H13NO14S3/c8-4-2(1-19-23(13,14)15)20-6(9)3(7-22(10,11)12)5(4)21-24(16,17)18/h2-9H,1H2,(H,10,11,12)(H,13,14,15)(H,16,17,18). The summed E-state index contributed by atoms with van der Waals surface area (Å²) in [6.07, 6.45) is -8.58. The second-order valence-electron chi connectivity index (χ2n) is 4.38. The molecule has 1 aliphatic heterocycles. The Morgan fingerprint density at radius 1 is 0.958 bits per heavy atom. The Morgan fingerprint density at radius 2 is 1.50 bits per heavy atom. The summed E-state index contributed by atoms with van der Waals surface area (Å²) in [5.41, 5.74) is 0. The molecule has 1 fully saturated rings. The van der Waals surface area contributed by atoms with E-state index in [1.807, 2.05) is 0 Å². The normalized spacial score (nSPS) is 32.6. The van der Waals surface area contributed by atoms with E-state index in [1.165, 1.54) is 4.72 Å². The highest BCUT2D eigenvalue weighted by Crippen LogP contribution is 2.24. The van der Waals surface area contributed by atoms with E-state index >= 15 is 0 Å². The van der Waals surface area contributed by atoms with Gasteiger partial charge in [0.25, 0.3) is 0 Å². The van der Waals surface area contributed by atoms with E-state index in [9.17, 15) is 35.5 Å². The lowest BCUT2D eigenvalue weighted by Crippen LogP contribution is -2.65. The van der Waals surface area contributed by atoms with Gasteiger partial charge in [-0.3, -0.25) is 13.7 Å². The Bertz CT molecular complexity index is 741. The third-order valence-electron chi connectivity index (χ3n) is 2.59. The highest BCUT2D eigenvalue weighted by Gasteiger charge is 2.49. The van der Waals surface area contributed by atoms with E-state index in [1.54, 1.807) is 0 Å². The van der Waals surface area contributed by atoms with E-state index in [0.717, 1.165) is 0 Å². The average molecular weight is 419 g/mol. The van der Waals surface area contributed by atoms with E-state index in [0.29, 0.717) is 0 Å². The lowest BCUT2D eigenvalue weighted by molar-refractivity contribution is -0.245. The Morgan fingerprint density at radius 3 is 1.92 bits per heavy atom. The van der Waals surface area contributed by atoms with Crippen LogP contribution < -0.4 is 4.72 Å². The summed E-state index contributed by atoms with van der Waals surface area (Å²) in [6, 6.07) is -2.13. The molecule has 0 aromatic carbocycles. The minimum absolute atomic E-state index is 1.14. The highest BCUT2D eigenvalue weighted by atomic mass is 32.3. The van der Waals surface area contributed by atoms with Crippen LogP contribution >= 0.6 is 0 Å². The molecule has 15 nitrogen and oxygen atoms in total. The van der Waals surface area contributed by atoms with E-state index in [2.05, 4.69) is 13.1 Å². The fourth-order valence-electron chi connectivity index (χ4n) is 1.78. The SMILES string of the molecule is O=S(=O)(O)NC1C(O)OC(COS(=O)(=O)O)C(O)C1OS(=O)(=O)O. The molecular formula is C6H13NO14S3. The second-order valence-corrected chi connectivity index (χ2v) is 7.70. The number of aliphatic hydroxyl groups is 2. The van der Waals surface area contributed by atoms with Crippen molar-refractivity contribution in [2.75, 3.05) is 6.61 Å². The lowest BCUT2D eigenvalue weighted by Gasteiger charge is -2.41. The molecule has 0 aromatic rings. The van der Waals surface area contributed by atoms with Gasteiger partial charge in [0.1, 0.15) is 24.4 Å². The van der Waals surface area contributed by atoms with Gasteiger partial charge in [0.15, 0.2) is 6.29 Å². The van der Waals surface area contributed by atoms with Gasteiger partial charge < -0.3 is 14.9 Å². The van der Waals surface area contributed by atoms with Gasteiger partial charge in [0.05, 0.1) is 6.61 Å². The number of hydrogen-bond acceptors (Lipinski definition) is 11. The van der Waals surface area contributed by atoms with Crippen LogP contribution in [0.15, 0.2) is 0 Å². The maximum atomic E-state index is 10.8. The fourth-order valence-corrected chi connectivity index (χ4v) is 3.19. The molecule has 1 aliphatic rings. The van der Waals surface area contributed by atoms with Crippen molar-refractivity contribution in [3.05, 3.63) is 0 Å². The molecule has 5 unspecified atom stereocenters. The maximum absolute atomic E-state index is 10.8. The van der Waals surface area contributed by atoms with Gasteiger partial charge >= 0.3 is 31.1 Å². The van der Waals surface area contributed by atoms with Crippen LogP contribution in [-0.2, 0) is 44.2 Å². The minimum atomic E-state index is -5.29. The Labute approximate surface area is 135 Å². The predicted octanol–water partition coefficient (Wildman–Crippen LogP) is -4.17. The Balaban J connectivity index is 3.08. The fraction of sp³-hybridized carbons (Fsp3) is 1.00. The molecule has 18 heteroatoms. The van der Waals surface area contributed by atoms with Crippen LogP contribution in [0, 0.1) is 0 Å². The van der Waals surface area contributed by atoms with E-state index < -0.39 is 68.4 Å². The molecule has 0 aromatic heterocycles. The number of hydrogen-bond donors (Lipinski definition) is 6. The quantitative estimate of drug-likeness (QED) is 0.214. The molecule has 6 N–H and O–H groups in total. The first-order valence-electron chi connectivity index (χ1n) is 5.63. The first-order chi connectivity index (χ1) is 10.6. The number of aliphatic hydroxyl groups excluding tert-OH is 2. The second kappa shape index (κ2) is 7.39. The average Bonchev–Trinajstić information content (AvgIpc) is 2.32. The van der Waals surface area contributed by atoms with Gasteiger partial charge in [0, 0.05) is 0 Å².